The highest BCUT2D eigenvalue weighted by atomic mass is 127. The molecule has 7 heteroatoms. The Hall–Kier alpha value is -2.68. The van der Waals surface area contributed by atoms with Crippen LogP contribution in [0.2, 0.25) is 0 Å². The van der Waals surface area contributed by atoms with Crippen LogP contribution in [0.5, 0.6) is 11.5 Å². The highest BCUT2D eigenvalue weighted by molar-refractivity contribution is 14.1. The number of aliphatic imine (C=N–C) groups is 1. The lowest BCUT2D eigenvalue weighted by Gasteiger charge is -2.12. The van der Waals surface area contributed by atoms with Gasteiger partial charge in [-0.05, 0) is 64.9 Å². The number of nitrogens with zero attached hydrogens (tertiary/aromatic N) is 1. The van der Waals surface area contributed by atoms with Gasteiger partial charge in [0.2, 0.25) is 5.90 Å². The maximum Gasteiger partial charge on any atom is 0.363 e. The van der Waals surface area contributed by atoms with Crippen LogP contribution in [0.25, 0.3) is 6.08 Å². The Kier molecular flexibility index (Phi) is 6.45. The molecule has 1 heterocycles. The van der Waals surface area contributed by atoms with Gasteiger partial charge in [0.05, 0.1) is 10.7 Å². The van der Waals surface area contributed by atoms with Crippen molar-refractivity contribution in [2.24, 2.45) is 4.99 Å². The first-order chi connectivity index (χ1) is 13.5. The fourth-order valence-electron chi connectivity index (χ4n) is 2.56. The fraction of sp³-hybridized carbons (Fsp3) is 0.190. The van der Waals surface area contributed by atoms with Crippen molar-refractivity contribution >= 4 is 46.5 Å². The largest absolute Gasteiger partial charge is 0.493 e. The van der Waals surface area contributed by atoms with E-state index in [1.165, 1.54) is 7.11 Å². The maximum absolute atomic E-state index is 12.2. The Balaban J connectivity index is 1.91. The molecule has 1 aliphatic heterocycles. The summed E-state index contributed by atoms with van der Waals surface area (Å²) < 4.78 is 16.7. The molecular weight excluding hydrogens is 473 g/mol. The van der Waals surface area contributed by atoms with Gasteiger partial charge in [0.15, 0.2) is 17.2 Å². The molecule has 3 rings (SSSR count). The summed E-state index contributed by atoms with van der Waals surface area (Å²) in [5, 5.41) is 0. The number of carbonyl (C=O) groups excluding carboxylic acids is 2. The molecule has 0 atom stereocenters. The zero-order valence-corrected chi connectivity index (χ0v) is 17.6. The molecule has 0 bridgehead atoms. The number of ether oxygens (including phenoxy) is 3. The summed E-state index contributed by atoms with van der Waals surface area (Å²) in [7, 11) is 1.50. The Bertz CT molecular complexity index is 966. The van der Waals surface area contributed by atoms with Crippen LogP contribution in [0, 0.1) is 3.57 Å². The SMILES string of the molecule is CCCC(=O)Oc1c(I)cc(/C=C2\N=C(c3ccccc3)OC2=O)cc1OC. The van der Waals surface area contributed by atoms with Gasteiger partial charge in [-0.1, -0.05) is 25.1 Å². The van der Waals surface area contributed by atoms with Crippen molar-refractivity contribution in [2.45, 2.75) is 19.8 Å². The molecule has 144 valence electrons. The van der Waals surface area contributed by atoms with Gasteiger partial charge in [-0.3, -0.25) is 4.79 Å². The highest BCUT2D eigenvalue weighted by Gasteiger charge is 2.24. The standard InChI is InChI=1S/C21H18INO5/c1-3-7-18(24)27-19-15(22)10-13(12-17(19)26-2)11-16-21(25)28-20(23-16)14-8-5-4-6-9-14/h4-6,8-12H,3,7H2,1-2H3/b16-11-. The van der Waals surface area contributed by atoms with Crippen molar-refractivity contribution in [1.29, 1.82) is 0 Å². The molecule has 0 aromatic heterocycles. The minimum Gasteiger partial charge on any atom is -0.493 e. The summed E-state index contributed by atoms with van der Waals surface area (Å²) in [6.07, 6.45) is 2.64. The van der Waals surface area contributed by atoms with E-state index in [0.29, 0.717) is 33.5 Å². The van der Waals surface area contributed by atoms with Gasteiger partial charge >= 0.3 is 11.9 Å². The summed E-state index contributed by atoms with van der Waals surface area (Å²) in [6.45, 7) is 1.91. The Morgan fingerprint density at radius 1 is 1.25 bits per heavy atom. The molecule has 2 aromatic rings. The third-order valence-corrected chi connectivity index (χ3v) is 4.67. The minimum absolute atomic E-state index is 0.187. The average molecular weight is 491 g/mol. The van der Waals surface area contributed by atoms with E-state index in [1.807, 2.05) is 37.3 Å². The second-order valence-electron chi connectivity index (χ2n) is 5.96. The van der Waals surface area contributed by atoms with Crippen molar-refractivity contribution in [1.82, 2.24) is 0 Å². The van der Waals surface area contributed by atoms with Crippen LogP contribution >= 0.6 is 22.6 Å². The summed E-state index contributed by atoms with van der Waals surface area (Å²) in [6, 6.07) is 12.7. The Morgan fingerprint density at radius 3 is 2.68 bits per heavy atom. The van der Waals surface area contributed by atoms with E-state index < -0.39 is 5.97 Å². The predicted molar refractivity (Wildman–Crippen MR) is 113 cm³/mol. The minimum atomic E-state index is -0.522. The maximum atomic E-state index is 12.2. The van der Waals surface area contributed by atoms with Crippen molar-refractivity contribution in [3.05, 3.63) is 62.9 Å². The van der Waals surface area contributed by atoms with Gasteiger partial charge in [0.1, 0.15) is 0 Å². The zero-order valence-electron chi connectivity index (χ0n) is 15.4. The number of cyclic esters (lactones) is 1. The number of esters is 2. The number of hydrogen-bond acceptors (Lipinski definition) is 6. The molecule has 2 aromatic carbocycles. The fourth-order valence-corrected chi connectivity index (χ4v) is 3.30. The van der Waals surface area contributed by atoms with Crippen LogP contribution in [0.4, 0.5) is 0 Å². The number of benzene rings is 2. The first-order valence-corrected chi connectivity index (χ1v) is 9.76. The molecule has 0 saturated heterocycles. The van der Waals surface area contributed by atoms with Crippen molar-refractivity contribution < 1.29 is 23.8 Å². The molecule has 28 heavy (non-hydrogen) atoms. The Morgan fingerprint density at radius 2 is 2.00 bits per heavy atom. The van der Waals surface area contributed by atoms with Crippen LogP contribution in [0.3, 0.4) is 0 Å². The zero-order chi connectivity index (χ0) is 20.1. The highest BCUT2D eigenvalue weighted by Crippen LogP contribution is 2.35. The van der Waals surface area contributed by atoms with Crippen molar-refractivity contribution in [3.63, 3.8) is 0 Å². The Labute approximate surface area is 176 Å². The molecule has 0 N–H and O–H groups in total. The van der Waals surface area contributed by atoms with Crippen molar-refractivity contribution in [3.8, 4) is 11.5 Å². The number of carbonyl (C=O) groups is 2. The number of rotatable bonds is 6. The molecule has 0 radical (unpaired) electrons. The van der Waals surface area contributed by atoms with Gasteiger partial charge in [-0.2, -0.15) is 0 Å². The van der Waals surface area contributed by atoms with E-state index in [0.717, 1.165) is 5.56 Å². The van der Waals surface area contributed by atoms with Crippen LogP contribution in [-0.4, -0.2) is 24.9 Å². The monoisotopic (exact) mass is 491 g/mol. The van der Waals surface area contributed by atoms with E-state index in [1.54, 1.807) is 18.2 Å². The van der Waals surface area contributed by atoms with Gasteiger partial charge < -0.3 is 14.2 Å². The molecular formula is C21H18INO5. The van der Waals surface area contributed by atoms with Crippen LogP contribution in [0.15, 0.2) is 53.2 Å². The smallest absolute Gasteiger partial charge is 0.363 e. The summed E-state index contributed by atoms with van der Waals surface area (Å²) in [5.74, 6) is 0.198. The van der Waals surface area contributed by atoms with Gasteiger partial charge in [0, 0.05) is 12.0 Å². The van der Waals surface area contributed by atoms with Crippen LogP contribution in [-0.2, 0) is 14.3 Å². The molecule has 1 aliphatic rings. The molecule has 0 unspecified atom stereocenters. The van der Waals surface area contributed by atoms with Gasteiger partial charge in [-0.15, -0.1) is 0 Å². The van der Waals surface area contributed by atoms with E-state index >= 15 is 0 Å². The molecule has 0 spiro atoms. The predicted octanol–water partition coefficient (Wildman–Crippen LogP) is 4.35. The van der Waals surface area contributed by atoms with E-state index in [2.05, 4.69) is 27.6 Å². The molecule has 0 fully saturated rings. The number of halogens is 1. The summed E-state index contributed by atoms with van der Waals surface area (Å²) >= 11 is 2.06. The number of methoxy groups -OCH3 is 1. The normalized spacial score (nSPS) is 14.6. The second kappa shape index (κ2) is 9.01. The van der Waals surface area contributed by atoms with Crippen LogP contribution in [0.1, 0.15) is 30.9 Å². The molecule has 0 saturated carbocycles. The van der Waals surface area contributed by atoms with E-state index in [4.69, 9.17) is 14.2 Å². The number of hydrogen-bond donors (Lipinski definition) is 0. The third kappa shape index (κ3) is 4.59. The molecule has 6 nitrogen and oxygen atoms in total. The molecule has 0 aliphatic carbocycles. The molecule has 0 amide bonds. The van der Waals surface area contributed by atoms with E-state index in [9.17, 15) is 9.59 Å². The van der Waals surface area contributed by atoms with Crippen molar-refractivity contribution in [2.75, 3.05) is 7.11 Å². The van der Waals surface area contributed by atoms with Crippen LogP contribution < -0.4 is 9.47 Å². The van der Waals surface area contributed by atoms with Gasteiger partial charge in [0.25, 0.3) is 0 Å². The summed E-state index contributed by atoms with van der Waals surface area (Å²) in [5.41, 5.74) is 1.60. The third-order valence-electron chi connectivity index (χ3n) is 3.87. The average Bonchev–Trinajstić information content (AvgIpc) is 3.05. The topological polar surface area (TPSA) is 74.2 Å². The van der Waals surface area contributed by atoms with Gasteiger partial charge in [-0.25, -0.2) is 9.79 Å². The first kappa shape index (κ1) is 20.1. The summed E-state index contributed by atoms with van der Waals surface area (Å²) in [4.78, 5) is 28.3. The lowest BCUT2D eigenvalue weighted by molar-refractivity contribution is -0.134. The lowest BCUT2D eigenvalue weighted by Crippen LogP contribution is -2.09. The lowest BCUT2D eigenvalue weighted by atomic mass is 10.1. The second-order valence-corrected chi connectivity index (χ2v) is 7.12. The quantitative estimate of drug-likeness (QED) is 0.260. The van der Waals surface area contributed by atoms with E-state index in [-0.39, 0.29) is 17.6 Å². The first-order valence-electron chi connectivity index (χ1n) is 8.68.